The van der Waals surface area contributed by atoms with E-state index in [9.17, 15) is 0 Å². The molecule has 0 unspecified atom stereocenters. The Morgan fingerprint density at radius 2 is 1.81 bits per heavy atom. The van der Waals surface area contributed by atoms with Gasteiger partial charge < -0.3 is 5.32 Å². The van der Waals surface area contributed by atoms with Gasteiger partial charge in [-0.05, 0) is 48.0 Å². The van der Waals surface area contributed by atoms with E-state index in [2.05, 4.69) is 37.3 Å². The van der Waals surface area contributed by atoms with Gasteiger partial charge in [0.1, 0.15) is 11.8 Å². The lowest BCUT2D eigenvalue weighted by Gasteiger charge is -2.07. The Labute approximate surface area is 130 Å². The summed E-state index contributed by atoms with van der Waals surface area (Å²) in [4.78, 5) is 8.44. The Morgan fingerprint density at radius 1 is 1.05 bits per heavy atom. The monoisotopic (exact) mass is 338 g/mol. The van der Waals surface area contributed by atoms with Gasteiger partial charge in [0.25, 0.3) is 0 Å². The fourth-order valence-electron chi connectivity index (χ4n) is 2.11. The number of aromatic nitrogens is 2. The highest BCUT2D eigenvalue weighted by atomic mass is 79.9. The van der Waals surface area contributed by atoms with Gasteiger partial charge in [-0.3, -0.25) is 0 Å². The zero-order chi connectivity index (χ0) is 14.8. The Hall–Kier alpha value is -2.45. The minimum Gasteiger partial charge on any atom is -0.324 e. The lowest BCUT2D eigenvalue weighted by Crippen LogP contribution is -2.00. The summed E-state index contributed by atoms with van der Waals surface area (Å²) in [5.74, 6) is 0.433. The lowest BCUT2D eigenvalue weighted by atomic mass is 10.1. The highest BCUT2D eigenvalue weighted by Crippen LogP contribution is 2.24. The van der Waals surface area contributed by atoms with Gasteiger partial charge >= 0.3 is 0 Å². The van der Waals surface area contributed by atoms with Crippen LogP contribution in [0.3, 0.4) is 0 Å². The molecule has 3 aromatic rings. The smallest absolute Gasteiger partial charge is 0.228 e. The largest absolute Gasteiger partial charge is 0.324 e. The van der Waals surface area contributed by atoms with Gasteiger partial charge in [0, 0.05) is 15.9 Å². The van der Waals surface area contributed by atoms with Gasteiger partial charge in [-0.2, -0.15) is 5.26 Å². The maximum atomic E-state index is 8.95. The summed E-state index contributed by atoms with van der Waals surface area (Å²) in [5.41, 5.74) is 2.00. The molecule has 1 N–H and O–H groups in total. The predicted octanol–water partition coefficient (Wildman–Crippen LogP) is 4.32. The average molecular weight is 339 g/mol. The molecule has 0 spiro atoms. The molecular formula is C16H11BrN4. The van der Waals surface area contributed by atoms with E-state index in [1.165, 1.54) is 0 Å². The number of nitrogens with one attached hydrogen (secondary N) is 1. The Bertz CT molecular complexity index is 868. The number of anilines is 2. The van der Waals surface area contributed by atoms with Crippen LogP contribution in [0.1, 0.15) is 11.4 Å². The molecule has 3 rings (SSSR count). The van der Waals surface area contributed by atoms with Crippen LogP contribution < -0.4 is 5.32 Å². The van der Waals surface area contributed by atoms with Crippen molar-refractivity contribution < 1.29 is 0 Å². The molecule has 102 valence electrons. The number of aryl methyl sites for hydroxylation is 1. The van der Waals surface area contributed by atoms with E-state index >= 15 is 0 Å². The summed E-state index contributed by atoms with van der Waals surface area (Å²) in [5, 5.41) is 14.4. The van der Waals surface area contributed by atoms with E-state index in [1.807, 2.05) is 43.3 Å². The number of hydrogen-bond acceptors (Lipinski definition) is 4. The molecule has 1 aromatic heterocycles. The number of rotatable bonds is 2. The number of fused-ring (bicyclic) bond motifs is 1. The molecule has 5 heteroatoms. The quantitative estimate of drug-likeness (QED) is 0.755. The fraction of sp³-hybridized carbons (Fsp3) is 0.0625. The molecule has 21 heavy (non-hydrogen) atoms. The van der Waals surface area contributed by atoms with E-state index < -0.39 is 0 Å². The summed E-state index contributed by atoms with van der Waals surface area (Å²) in [6, 6.07) is 15.8. The van der Waals surface area contributed by atoms with Crippen LogP contribution in [-0.2, 0) is 0 Å². The lowest BCUT2D eigenvalue weighted by molar-refractivity contribution is 1.09. The van der Waals surface area contributed by atoms with Crippen molar-refractivity contribution in [3.05, 3.63) is 58.3 Å². The second kappa shape index (κ2) is 5.51. The van der Waals surface area contributed by atoms with Crippen LogP contribution in [0, 0.1) is 18.3 Å². The highest BCUT2D eigenvalue weighted by Gasteiger charge is 2.03. The van der Waals surface area contributed by atoms with Gasteiger partial charge in [0.2, 0.25) is 5.95 Å². The minimum absolute atomic E-state index is 0.356. The summed E-state index contributed by atoms with van der Waals surface area (Å²) in [7, 11) is 0. The summed E-state index contributed by atoms with van der Waals surface area (Å²) in [6.07, 6.45) is 0. The third-order valence-corrected chi connectivity index (χ3v) is 3.52. The Balaban J connectivity index is 1.96. The van der Waals surface area contributed by atoms with E-state index in [4.69, 9.17) is 5.26 Å². The van der Waals surface area contributed by atoms with E-state index in [-0.39, 0.29) is 0 Å². The molecule has 0 amide bonds. The van der Waals surface area contributed by atoms with Crippen molar-refractivity contribution in [2.24, 2.45) is 0 Å². The van der Waals surface area contributed by atoms with E-state index in [0.717, 1.165) is 26.6 Å². The topological polar surface area (TPSA) is 61.6 Å². The van der Waals surface area contributed by atoms with Crippen LogP contribution in [0.5, 0.6) is 0 Å². The van der Waals surface area contributed by atoms with Crippen LogP contribution in [0.15, 0.2) is 46.9 Å². The molecular weight excluding hydrogens is 328 g/mol. The second-order valence-electron chi connectivity index (χ2n) is 4.66. The molecule has 1 heterocycles. The van der Waals surface area contributed by atoms with E-state index in [1.54, 1.807) is 6.07 Å². The maximum absolute atomic E-state index is 8.95. The molecule has 0 aliphatic rings. The van der Waals surface area contributed by atoms with Crippen LogP contribution in [0.25, 0.3) is 10.8 Å². The number of halogens is 1. The average Bonchev–Trinajstić information content (AvgIpc) is 2.47. The molecule has 0 saturated carbocycles. The van der Waals surface area contributed by atoms with Crippen molar-refractivity contribution in [1.29, 1.82) is 5.26 Å². The molecule has 0 saturated heterocycles. The second-order valence-corrected chi connectivity index (χ2v) is 5.58. The van der Waals surface area contributed by atoms with E-state index in [0.29, 0.717) is 11.6 Å². The third-order valence-electron chi connectivity index (χ3n) is 3.03. The minimum atomic E-state index is 0.356. The molecule has 0 atom stereocenters. The van der Waals surface area contributed by atoms with Gasteiger partial charge in [0.05, 0.1) is 0 Å². The summed E-state index contributed by atoms with van der Waals surface area (Å²) >= 11 is 3.46. The Morgan fingerprint density at radius 3 is 2.62 bits per heavy atom. The number of nitrogens with zero attached hydrogens (tertiary/aromatic N) is 3. The first-order chi connectivity index (χ1) is 10.1. The number of nitriles is 1. The predicted molar refractivity (Wildman–Crippen MR) is 86.4 cm³/mol. The molecule has 0 radical (unpaired) electrons. The van der Waals surface area contributed by atoms with Crippen LogP contribution in [-0.4, -0.2) is 9.97 Å². The first kappa shape index (κ1) is 13.5. The molecule has 2 aromatic carbocycles. The number of hydrogen-bond donors (Lipinski definition) is 1. The SMILES string of the molecule is Cc1cc(C#N)nc(Nc2ccc3cc(Br)ccc3c2)n1. The first-order valence-electron chi connectivity index (χ1n) is 6.36. The van der Waals surface area contributed by atoms with Gasteiger partial charge in [-0.1, -0.05) is 28.1 Å². The molecule has 0 aliphatic carbocycles. The molecule has 0 aliphatic heterocycles. The summed E-state index contributed by atoms with van der Waals surface area (Å²) < 4.78 is 1.05. The van der Waals surface area contributed by atoms with Crippen molar-refractivity contribution in [2.45, 2.75) is 6.92 Å². The zero-order valence-corrected chi connectivity index (χ0v) is 12.8. The van der Waals surface area contributed by atoms with Crippen LogP contribution in [0.4, 0.5) is 11.6 Å². The number of benzene rings is 2. The summed E-state index contributed by atoms with van der Waals surface area (Å²) in [6.45, 7) is 1.84. The van der Waals surface area contributed by atoms with Crippen molar-refractivity contribution in [1.82, 2.24) is 9.97 Å². The maximum Gasteiger partial charge on any atom is 0.228 e. The van der Waals surface area contributed by atoms with Crippen LogP contribution in [0.2, 0.25) is 0 Å². The normalized spacial score (nSPS) is 10.3. The zero-order valence-electron chi connectivity index (χ0n) is 11.3. The van der Waals surface area contributed by atoms with Gasteiger partial charge in [-0.25, -0.2) is 9.97 Å². The highest BCUT2D eigenvalue weighted by molar-refractivity contribution is 9.10. The van der Waals surface area contributed by atoms with Crippen LogP contribution >= 0.6 is 15.9 Å². The molecule has 0 fully saturated rings. The fourth-order valence-corrected chi connectivity index (χ4v) is 2.48. The third kappa shape index (κ3) is 3.01. The Kier molecular flexibility index (Phi) is 3.55. The van der Waals surface area contributed by atoms with Gasteiger partial charge in [0.15, 0.2) is 0 Å². The standard InChI is InChI=1S/C16H11BrN4/c1-10-6-15(9-18)21-16(19-10)20-14-5-3-11-7-13(17)4-2-12(11)8-14/h2-8H,1H3,(H,19,20,21). The molecule has 0 bridgehead atoms. The van der Waals surface area contributed by atoms with Crippen molar-refractivity contribution in [2.75, 3.05) is 5.32 Å². The first-order valence-corrected chi connectivity index (χ1v) is 7.15. The van der Waals surface area contributed by atoms with Crippen molar-refractivity contribution >= 4 is 38.3 Å². The van der Waals surface area contributed by atoms with Crippen molar-refractivity contribution in [3.8, 4) is 6.07 Å². The molecule has 4 nitrogen and oxygen atoms in total. The van der Waals surface area contributed by atoms with Gasteiger partial charge in [-0.15, -0.1) is 0 Å². The van der Waals surface area contributed by atoms with Crippen molar-refractivity contribution in [3.63, 3.8) is 0 Å².